The minimum atomic E-state index is 0.279. The second-order valence-corrected chi connectivity index (χ2v) is 6.08. The van der Waals surface area contributed by atoms with E-state index in [0.29, 0.717) is 16.8 Å². The molecule has 1 aliphatic carbocycles. The SMILES string of the molecule is COc1cc(CNC(C)C)cc(Cl)c1OC1CCCC1. The molecule has 0 spiro atoms. The maximum absolute atomic E-state index is 6.37. The molecule has 1 aromatic rings. The van der Waals surface area contributed by atoms with Gasteiger partial charge < -0.3 is 14.8 Å². The summed E-state index contributed by atoms with van der Waals surface area (Å²) in [6.07, 6.45) is 4.97. The number of methoxy groups -OCH3 is 1. The van der Waals surface area contributed by atoms with Crippen molar-refractivity contribution < 1.29 is 9.47 Å². The van der Waals surface area contributed by atoms with Crippen molar-refractivity contribution in [3.63, 3.8) is 0 Å². The van der Waals surface area contributed by atoms with Crippen LogP contribution < -0.4 is 14.8 Å². The Hall–Kier alpha value is -0.930. The lowest BCUT2D eigenvalue weighted by atomic mass is 10.2. The Morgan fingerprint density at radius 3 is 2.60 bits per heavy atom. The van der Waals surface area contributed by atoms with Gasteiger partial charge in [0, 0.05) is 12.6 Å². The smallest absolute Gasteiger partial charge is 0.180 e. The molecular weight excluding hydrogens is 274 g/mol. The first kappa shape index (κ1) is 15.5. The van der Waals surface area contributed by atoms with E-state index in [1.54, 1.807) is 7.11 Å². The molecule has 1 aromatic carbocycles. The molecule has 0 radical (unpaired) electrons. The van der Waals surface area contributed by atoms with Crippen molar-refractivity contribution in [3.05, 3.63) is 22.7 Å². The molecule has 112 valence electrons. The highest BCUT2D eigenvalue weighted by molar-refractivity contribution is 6.32. The zero-order valence-corrected chi connectivity index (χ0v) is 13.3. The summed E-state index contributed by atoms with van der Waals surface area (Å²) < 4.78 is 11.5. The van der Waals surface area contributed by atoms with Crippen LogP contribution in [-0.2, 0) is 6.54 Å². The molecule has 0 heterocycles. The number of benzene rings is 1. The summed E-state index contributed by atoms with van der Waals surface area (Å²) in [5.41, 5.74) is 1.11. The lowest BCUT2D eigenvalue weighted by Gasteiger charge is -2.18. The van der Waals surface area contributed by atoms with Crippen molar-refractivity contribution in [2.24, 2.45) is 0 Å². The molecule has 0 atom stereocenters. The van der Waals surface area contributed by atoms with Gasteiger partial charge >= 0.3 is 0 Å². The van der Waals surface area contributed by atoms with E-state index in [1.807, 2.05) is 12.1 Å². The molecule has 0 bridgehead atoms. The maximum Gasteiger partial charge on any atom is 0.180 e. The minimum Gasteiger partial charge on any atom is -0.493 e. The van der Waals surface area contributed by atoms with Crippen LogP contribution in [-0.4, -0.2) is 19.3 Å². The fourth-order valence-corrected chi connectivity index (χ4v) is 2.76. The Morgan fingerprint density at radius 2 is 2.00 bits per heavy atom. The van der Waals surface area contributed by atoms with Crippen LogP contribution in [0.1, 0.15) is 45.1 Å². The molecular formula is C16H24ClNO2. The molecule has 1 aliphatic rings. The van der Waals surface area contributed by atoms with Gasteiger partial charge in [0.15, 0.2) is 11.5 Å². The highest BCUT2D eigenvalue weighted by Gasteiger charge is 2.20. The summed E-state index contributed by atoms with van der Waals surface area (Å²) in [7, 11) is 1.66. The highest BCUT2D eigenvalue weighted by Crippen LogP contribution is 2.38. The van der Waals surface area contributed by atoms with E-state index in [1.165, 1.54) is 12.8 Å². The standard InChI is InChI=1S/C16H24ClNO2/c1-11(2)18-10-12-8-14(17)16(15(9-12)19-3)20-13-6-4-5-7-13/h8-9,11,13,18H,4-7,10H2,1-3H3. The molecule has 0 aromatic heterocycles. The molecule has 20 heavy (non-hydrogen) atoms. The fourth-order valence-electron chi connectivity index (χ4n) is 2.48. The molecule has 1 fully saturated rings. The van der Waals surface area contributed by atoms with Crippen molar-refractivity contribution in [2.45, 2.75) is 58.2 Å². The van der Waals surface area contributed by atoms with Crippen LogP contribution in [0.15, 0.2) is 12.1 Å². The molecule has 3 nitrogen and oxygen atoms in total. The van der Waals surface area contributed by atoms with Crippen LogP contribution in [0, 0.1) is 0 Å². The molecule has 0 saturated heterocycles. The molecule has 0 amide bonds. The number of hydrogen-bond acceptors (Lipinski definition) is 3. The Morgan fingerprint density at radius 1 is 1.30 bits per heavy atom. The molecule has 0 unspecified atom stereocenters. The van der Waals surface area contributed by atoms with Gasteiger partial charge in [-0.25, -0.2) is 0 Å². The molecule has 1 saturated carbocycles. The summed E-state index contributed by atoms with van der Waals surface area (Å²) in [5, 5.41) is 4.01. The zero-order chi connectivity index (χ0) is 14.5. The summed E-state index contributed by atoms with van der Waals surface area (Å²) >= 11 is 6.37. The average Bonchev–Trinajstić information content (AvgIpc) is 2.91. The quantitative estimate of drug-likeness (QED) is 0.855. The summed E-state index contributed by atoms with van der Waals surface area (Å²) in [6, 6.07) is 4.41. The van der Waals surface area contributed by atoms with Crippen molar-refractivity contribution in [3.8, 4) is 11.5 Å². The first-order valence-electron chi connectivity index (χ1n) is 7.36. The van der Waals surface area contributed by atoms with Gasteiger partial charge in [0.05, 0.1) is 18.2 Å². The maximum atomic E-state index is 6.37. The molecule has 4 heteroatoms. The van der Waals surface area contributed by atoms with Crippen molar-refractivity contribution in [2.75, 3.05) is 7.11 Å². The van der Waals surface area contributed by atoms with Gasteiger partial charge in [-0.2, -0.15) is 0 Å². The second-order valence-electron chi connectivity index (χ2n) is 5.67. The molecule has 1 N–H and O–H groups in total. The topological polar surface area (TPSA) is 30.5 Å². The lowest BCUT2D eigenvalue weighted by Crippen LogP contribution is -2.21. The minimum absolute atomic E-state index is 0.279. The first-order chi connectivity index (χ1) is 9.60. The third-order valence-electron chi connectivity index (χ3n) is 3.59. The second kappa shape index (κ2) is 7.19. The Labute approximate surface area is 126 Å². The first-order valence-corrected chi connectivity index (χ1v) is 7.74. The third kappa shape index (κ3) is 4.03. The highest BCUT2D eigenvalue weighted by atomic mass is 35.5. The predicted molar refractivity (Wildman–Crippen MR) is 82.9 cm³/mol. The number of hydrogen-bond donors (Lipinski definition) is 1. The number of ether oxygens (including phenoxy) is 2. The van der Waals surface area contributed by atoms with Crippen LogP contribution in [0.5, 0.6) is 11.5 Å². The van der Waals surface area contributed by atoms with Gasteiger partial charge in [0.25, 0.3) is 0 Å². The van der Waals surface area contributed by atoms with Crippen LogP contribution in [0.3, 0.4) is 0 Å². The average molecular weight is 298 g/mol. The summed E-state index contributed by atoms with van der Waals surface area (Å²) in [6.45, 7) is 5.02. The van der Waals surface area contributed by atoms with Gasteiger partial charge in [-0.15, -0.1) is 0 Å². The molecule has 2 rings (SSSR count). The normalized spacial score (nSPS) is 15.8. The van der Waals surface area contributed by atoms with E-state index in [4.69, 9.17) is 21.1 Å². The number of rotatable bonds is 6. The van der Waals surface area contributed by atoms with Gasteiger partial charge in [0.2, 0.25) is 0 Å². The lowest BCUT2D eigenvalue weighted by molar-refractivity contribution is 0.201. The van der Waals surface area contributed by atoms with E-state index in [9.17, 15) is 0 Å². The summed E-state index contributed by atoms with van der Waals surface area (Å²) in [4.78, 5) is 0. The van der Waals surface area contributed by atoms with E-state index in [0.717, 1.165) is 30.7 Å². The van der Waals surface area contributed by atoms with E-state index in [2.05, 4.69) is 19.2 Å². The Kier molecular flexibility index (Phi) is 5.55. The van der Waals surface area contributed by atoms with Crippen LogP contribution in [0.25, 0.3) is 0 Å². The van der Waals surface area contributed by atoms with E-state index >= 15 is 0 Å². The van der Waals surface area contributed by atoms with Crippen LogP contribution >= 0.6 is 11.6 Å². The van der Waals surface area contributed by atoms with E-state index < -0.39 is 0 Å². The Balaban J connectivity index is 2.14. The van der Waals surface area contributed by atoms with Crippen molar-refractivity contribution in [1.29, 1.82) is 0 Å². The van der Waals surface area contributed by atoms with Crippen molar-refractivity contribution >= 4 is 11.6 Å². The third-order valence-corrected chi connectivity index (χ3v) is 3.87. The number of halogens is 1. The van der Waals surface area contributed by atoms with Crippen LogP contribution in [0.2, 0.25) is 5.02 Å². The summed E-state index contributed by atoms with van der Waals surface area (Å²) in [5.74, 6) is 1.42. The van der Waals surface area contributed by atoms with Crippen LogP contribution in [0.4, 0.5) is 0 Å². The largest absolute Gasteiger partial charge is 0.493 e. The zero-order valence-electron chi connectivity index (χ0n) is 12.5. The van der Waals surface area contributed by atoms with Gasteiger partial charge in [-0.05, 0) is 43.4 Å². The van der Waals surface area contributed by atoms with Gasteiger partial charge in [-0.3, -0.25) is 0 Å². The predicted octanol–water partition coefficient (Wildman–Crippen LogP) is 4.17. The van der Waals surface area contributed by atoms with Crippen molar-refractivity contribution in [1.82, 2.24) is 5.32 Å². The van der Waals surface area contributed by atoms with E-state index in [-0.39, 0.29) is 6.10 Å². The van der Waals surface area contributed by atoms with Gasteiger partial charge in [0.1, 0.15) is 0 Å². The fraction of sp³-hybridized carbons (Fsp3) is 0.625. The Bertz CT molecular complexity index is 442. The number of nitrogens with one attached hydrogen (secondary N) is 1. The van der Waals surface area contributed by atoms with Gasteiger partial charge in [-0.1, -0.05) is 25.4 Å². The monoisotopic (exact) mass is 297 g/mol. The molecule has 0 aliphatic heterocycles.